The van der Waals surface area contributed by atoms with Crippen molar-refractivity contribution >= 4 is 33.4 Å². The van der Waals surface area contributed by atoms with Gasteiger partial charge in [-0.25, -0.2) is 13.2 Å². The van der Waals surface area contributed by atoms with E-state index in [0.717, 1.165) is 0 Å². The summed E-state index contributed by atoms with van der Waals surface area (Å²) in [5.41, 5.74) is 2.04. The van der Waals surface area contributed by atoms with Crippen molar-refractivity contribution in [2.75, 3.05) is 50.2 Å². The molecule has 9 nitrogen and oxygen atoms in total. The molecule has 0 radical (unpaired) electrons. The van der Waals surface area contributed by atoms with Gasteiger partial charge in [-0.2, -0.15) is 4.31 Å². The second-order valence-corrected chi connectivity index (χ2v) is 9.19. The van der Waals surface area contributed by atoms with E-state index >= 15 is 0 Å². The lowest BCUT2D eigenvalue weighted by Gasteiger charge is -2.26. The molecule has 0 atom stereocenters. The maximum Gasteiger partial charge on any atom is 0.413 e. The molecule has 0 bridgehead atoms. The van der Waals surface area contributed by atoms with E-state index in [4.69, 9.17) is 9.47 Å². The van der Waals surface area contributed by atoms with E-state index in [1.165, 1.54) is 21.3 Å². The number of amides is 2. The zero-order chi connectivity index (χ0) is 23.3. The minimum absolute atomic E-state index is 0.0709. The highest BCUT2D eigenvalue weighted by molar-refractivity contribution is 7.89. The van der Waals surface area contributed by atoms with Gasteiger partial charge in [0.1, 0.15) is 0 Å². The molecular weight excluding hydrogens is 434 g/mol. The molecule has 1 aliphatic heterocycles. The van der Waals surface area contributed by atoms with Crippen LogP contribution < -0.4 is 10.2 Å². The average Bonchev–Trinajstić information content (AvgIpc) is 2.80. The maximum atomic E-state index is 12.9. The van der Waals surface area contributed by atoms with Crippen molar-refractivity contribution < 1.29 is 27.5 Å². The molecular formula is C22H27N3O6S. The van der Waals surface area contributed by atoms with E-state index in [1.807, 2.05) is 0 Å². The third kappa shape index (κ3) is 5.26. The molecule has 1 N–H and O–H groups in total. The Morgan fingerprint density at radius 1 is 1.12 bits per heavy atom. The Labute approximate surface area is 188 Å². The number of benzene rings is 2. The molecule has 2 aromatic carbocycles. The Hall–Kier alpha value is -2.95. The summed E-state index contributed by atoms with van der Waals surface area (Å²) in [6.45, 7) is 5.01. The van der Waals surface area contributed by atoms with Gasteiger partial charge in [-0.15, -0.1) is 0 Å². The van der Waals surface area contributed by atoms with Crippen LogP contribution >= 0.6 is 0 Å². The molecule has 1 heterocycles. The predicted molar refractivity (Wildman–Crippen MR) is 121 cm³/mol. The molecule has 1 aliphatic rings. The van der Waals surface area contributed by atoms with Crippen molar-refractivity contribution in [1.82, 2.24) is 4.31 Å². The molecule has 10 heteroatoms. The number of hydrogen-bond donors (Lipinski definition) is 1. The van der Waals surface area contributed by atoms with Gasteiger partial charge < -0.3 is 14.8 Å². The van der Waals surface area contributed by atoms with Gasteiger partial charge in [-0.3, -0.25) is 9.69 Å². The number of anilines is 2. The molecule has 0 aliphatic carbocycles. The maximum absolute atomic E-state index is 12.9. The Morgan fingerprint density at radius 3 is 2.41 bits per heavy atom. The fraction of sp³-hybridized carbons (Fsp3) is 0.364. The molecule has 3 rings (SSSR count). The van der Waals surface area contributed by atoms with Crippen molar-refractivity contribution in [2.45, 2.75) is 18.7 Å². The number of ether oxygens (including phenoxy) is 2. The van der Waals surface area contributed by atoms with Crippen molar-refractivity contribution in [1.29, 1.82) is 0 Å². The highest BCUT2D eigenvalue weighted by Gasteiger charge is 2.27. The van der Waals surface area contributed by atoms with E-state index in [-0.39, 0.29) is 30.2 Å². The average molecular weight is 462 g/mol. The van der Waals surface area contributed by atoms with Crippen molar-refractivity contribution in [3.05, 3.63) is 53.6 Å². The first-order valence-corrected chi connectivity index (χ1v) is 11.7. The zero-order valence-corrected chi connectivity index (χ0v) is 19.1. The second-order valence-electron chi connectivity index (χ2n) is 7.25. The normalized spacial score (nSPS) is 14.6. The number of carbonyl (C=O) groups is 2. The highest BCUT2D eigenvalue weighted by Crippen LogP contribution is 2.23. The van der Waals surface area contributed by atoms with Gasteiger partial charge in [0.25, 0.3) is 5.91 Å². The third-order valence-corrected chi connectivity index (χ3v) is 7.01. The van der Waals surface area contributed by atoms with Crippen LogP contribution in [0.1, 0.15) is 22.8 Å². The first kappa shape index (κ1) is 23.7. The monoisotopic (exact) mass is 461 g/mol. The van der Waals surface area contributed by atoms with E-state index in [1.54, 1.807) is 51.2 Å². The summed E-state index contributed by atoms with van der Waals surface area (Å²) in [5, 5.41) is 2.78. The molecule has 2 amide bonds. The number of nitrogens with zero attached hydrogens (tertiary/aromatic N) is 2. The van der Waals surface area contributed by atoms with Crippen LogP contribution in [0.3, 0.4) is 0 Å². The molecule has 0 aromatic heterocycles. The third-order valence-electron chi connectivity index (χ3n) is 5.12. The van der Waals surface area contributed by atoms with Crippen LogP contribution in [0, 0.1) is 6.92 Å². The molecule has 32 heavy (non-hydrogen) atoms. The number of rotatable bonds is 6. The summed E-state index contributed by atoms with van der Waals surface area (Å²) < 4.78 is 37.4. The summed E-state index contributed by atoms with van der Waals surface area (Å²) in [6, 6.07) is 11.2. The molecule has 1 saturated heterocycles. The van der Waals surface area contributed by atoms with Crippen molar-refractivity contribution in [2.24, 2.45) is 0 Å². The van der Waals surface area contributed by atoms with E-state index in [0.29, 0.717) is 30.2 Å². The molecule has 0 spiro atoms. The van der Waals surface area contributed by atoms with Crippen molar-refractivity contribution in [3.63, 3.8) is 0 Å². The summed E-state index contributed by atoms with van der Waals surface area (Å²) in [5.74, 6) is -0.423. The minimum atomic E-state index is -3.71. The quantitative estimate of drug-likeness (QED) is 0.709. The van der Waals surface area contributed by atoms with Crippen LogP contribution in [0.15, 0.2) is 47.4 Å². The summed E-state index contributed by atoms with van der Waals surface area (Å²) in [7, 11) is -2.12. The van der Waals surface area contributed by atoms with Crippen LogP contribution in [-0.4, -0.2) is 64.7 Å². The first-order valence-electron chi connectivity index (χ1n) is 10.2. The summed E-state index contributed by atoms with van der Waals surface area (Å²) >= 11 is 0. The van der Waals surface area contributed by atoms with Crippen LogP contribution in [0.5, 0.6) is 0 Å². The first-order chi connectivity index (χ1) is 15.2. The van der Waals surface area contributed by atoms with Gasteiger partial charge >= 0.3 is 6.09 Å². The zero-order valence-electron chi connectivity index (χ0n) is 18.3. The number of morpholine rings is 1. The number of nitrogens with one attached hydrogen (secondary N) is 1. The second kappa shape index (κ2) is 10.1. The van der Waals surface area contributed by atoms with Gasteiger partial charge in [0.2, 0.25) is 10.0 Å². The van der Waals surface area contributed by atoms with E-state index in [2.05, 4.69) is 5.32 Å². The number of hydrogen-bond acceptors (Lipinski definition) is 6. The van der Waals surface area contributed by atoms with Gasteiger partial charge in [-0.1, -0.05) is 6.07 Å². The smallest absolute Gasteiger partial charge is 0.413 e. The Bertz CT molecular complexity index is 1080. The standard InChI is InChI=1S/C22H27N3O6S/c1-4-31-22(27)24(3)18-8-6-17(7-9-18)23-21(26)20-15-19(10-5-16(20)2)32(28,29)25-11-13-30-14-12-25/h5-10,15H,4,11-14H2,1-3H3,(H,23,26). The summed E-state index contributed by atoms with van der Waals surface area (Å²) in [6.07, 6.45) is -0.474. The Morgan fingerprint density at radius 2 is 1.78 bits per heavy atom. The SMILES string of the molecule is CCOC(=O)N(C)c1ccc(NC(=O)c2cc(S(=O)(=O)N3CCOCC3)ccc2C)cc1. The number of sulfonamides is 1. The lowest BCUT2D eigenvalue weighted by Crippen LogP contribution is -2.40. The van der Waals surface area contributed by atoms with E-state index in [9.17, 15) is 18.0 Å². The van der Waals surface area contributed by atoms with Crippen LogP contribution in [0.2, 0.25) is 0 Å². The number of aryl methyl sites for hydroxylation is 1. The minimum Gasteiger partial charge on any atom is -0.449 e. The fourth-order valence-electron chi connectivity index (χ4n) is 3.23. The van der Waals surface area contributed by atoms with Crippen molar-refractivity contribution in [3.8, 4) is 0 Å². The Kier molecular flexibility index (Phi) is 7.49. The summed E-state index contributed by atoms with van der Waals surface area (Å²) in [4.78, 5) is 26.1. The molecule has 1 fully saturated rings. The number of carbonyl (C=O) groups excluding carboxylic acids is 2. The van der Waals surface area contributed by atoms with Crippen LogP contribution in [0.25, 0.3) is 0 Å². The van der Waals surface area contributed by atoms with Gasteiger partial charge in [-0.05, 0) is 55.8 Å². The van der Waals surface area contributed by atoms with Crippen LogP contribution in [0.4, 0.5) is 16.2 Å². The molecule has 172 valence electrons. The van der Waals surface area contributed by atoms with Gasteiger partial charge in [0, 0.05) is 37.1 Å². The topological polar surface area (TPSA) is 105 Å². The largest absolute Gasteiger partial charge is 0.449 e. The van der Waals surface area contributed by atoms with Crippen LogP contribution in [-0.2, 0) is 19.5 Å². The lowest BCUT2D eigenvalue weighted by molar-refractivity contribution is 0.0730. The van der Waals surface area contributed by atoms with E-state index < -0.39 is 22.0 Å². The molecule has 0 unspecified atom stereocenters. The fourth-order valence-corrected chi connectivity index (χ4v) is 4.67. The lowest BCUT2D eigenvalue weighted by atomic mass is 10.1. The van der Waals surface area contributed by atoms with Gasteiger partial charge in [0.15, 0.2) is 0 Å². The predicted octanol–water partition coefficient (Wildman–Crippen LogP) is 2.86. The molecule has 2 aromatic rings. The Balaban J connectivity index is 1.76. The molecule has 0 saturated carbocycles. The highest BCUT2D eigenvalue weighted by atomic mass is 32.2. The van der Waals surface area contributed by atoms with Gasteiger partial charge in [0.05, 0.1) is 24.7 Å².